The zero-order valence-corrected chi connectivity index (χ0v) is 14.3. The molecule has 2 saturated heterocycles. The summed E-state index contributed by atoms with van der Waals surface area (Å²) in [6.07, 6.45) is 3.73. The van der Waals surface area contributed by atoms with E-state index in [4.69, 9.17) is 14.2 Å². The third-order valence-electron chi connectivity index (χ3n) is 5.81. The number of hydrogen-bond acceptors (Lipinski definition) is 4. The minimum Gasteiger partial charge on any atom is -0.381 e. The van der Waals surface area contributed by atoms with Gasteiger partial charge in [0.05, 0.1) is 18.1 Å². The van der Waals surface area contributed by atoms with Crippen LogP contribution in [0.15, 0.2) is 12.2 Å². The molecule has 2 heterocycles. The summed E-state index contributed by atoms with van der Waals surface area (Å²) in [6.45, 7) is 10.8. The molecule has 5 nitrogen and oxygen atoms in total. The molecule has 5 heteroatoms. The van der Waals surface area contributed by atoms with Crippen LogP contribution in [0.5, 0.6) is 0 Å². The minimum atomic E-state index is -0.136. The molecular formula is C18H29NO4. The van der Waals surface area contributed by atoms with E-state index < -0.39 is 0 Å². The third kappa shape index (κ3) is 3.06. The number of carbonyl (C=O) groups excluding carboxylic acids is 1. The first-order valence-electron chi connectivity index (χ1n) is 8.85. The van der Waals surface area contributed by atoms with Crippen molar-refractivity contribution < 1.29 is 19.0 Å². The summed E-state index contributed by atoms with van der Waals surface area (Å²) in [4.78, 5) is 12.7. The maximum absolute atomic E-state index is 12.7. The molecule has 3 aliphatic rings. The zero-order valence-electron chi connectivity index (χ0n) is 14.3. The first-order valence-corrected chi connectivity index (χ1v) is 8.85. The number of hydrogen-bond donors (Lipinski definition) is 1. The summed E-state index contributed by atoms with van der Waals surface area (Å²) in [7, 11) is 0. The van der Waals surface area contributed by atoms with Gasteiger partial charge < -0.3 is 19.5 Å². The Labute approximate surface area is 138 Å². The predicted molar refractivity (Wildman–Crippen MR) is 87.1 cm³/mol. The van der Waals surface area contributed by atoms with Crippen molar-refractivity contribution in [1.82, 2.24) is 5.32 Å². The molecule has 3 fully saturated rings. The van der Waals surface area contributed by atoms with Crippen LogP contribution in [0.4, 0.5) is 0 Å². The van der Waals surface area contributed by atoms with Crippen molar-refractivity contribution in [2.75, 3.05) is 26.4 Å². The van der Waals surface area contributed by atoms with Crippen LogP contribution in [0.25, 0.3) is 0 Å². The standard InChI is InChI=1S/C18H29NO4/c1-4-22-15-11-14(18(15)6-9-21-10-7-18)19-17(20)13-5-8-23-16(13)12(2)3/h13-16H,2,4-11H2,1,3H3,(H,19,20)/t13-,14+,15+,16-/m1/s1. The second-order valence-corrected chi connectivity index (χ2v) is 7.12. The van der Waals surface area contributed by atoms with Crippen molar-refractivity contribution >= 4 is 5.91 Å². The van der Waals surface area contributed by atoms with Gasteiger partial charge >= 0.3 is 0 Å². The number of rotatable bonds is 5. The highest BCUT2D eigenvalue weighted by Gasteiger charge is 2.57. The monoisotopic (exact) mass is 323 g/mol. The fraction of sp³-hybridized carbons (Fsp3) is 0.833. The lowest BCUT2D eigenvalue weighted by molar-refractivity contribution is -0.176. The highest BCUT2D eigenvalue weighted by Crippen LogP contribution is 2.50. The van der Waals surface area contributed by atoms with Crippen molar-refractivity contribution in [3.8, 4) is 0 Å². The number of ether oxygens (including phenoxy) is 3. The number of nitrogens with one attached hydrogen (secondary N) is 1. The van der Waals surface area contributed by atoms with Crippen molar-refractivity contribution in [2.24, 2.45) is 11.3 Å². The van der Waals surface area contributed by atoms with Gasteiger partial charge in [-0.2, -0.15) is 0 Å². The third-order valence-corrected chi connectivity index (χ3v) is 5.81. The molecule has 3 rings (SSSR count). The molecule has 0 radical (unpaired) electrons. The van der Waals surface area contributed by atoms with Crippen LogP contribution in [0.1, 0.15) is 39.5 Å². The van der Waals surface area contributed by atoms with Crippen LogP contribution in [0, 0.1) is 11.3 Å². The van der Waals surface area contributed by atoms with Gasteiger partial charge in [0.2, 0.25) is 5.91 Å². The van der Waals surface area contributed by atoms with E-state index in [2.05, 4.69) is 11.9 Å². The lowest BCUT2D eigenvalue weighted by Crippen LogP contribution is -2.67. The normalized spacial score (nSPS) is 35.7. The highest BCUT2D eigenvalue weighted by atomic mass is 16.5. The van der Waals surface area contributed by atoms with Crippen LogP contribution in [0.3, 0.4) is 0 Å². The number of carbonyl (C=O) groups is 1. The second-order valence-electron chi connectivity index (χ2n) is 7.12. The lowest BCUT2D eigenvalue weighted by atomic mass is 9.57. The largest absolute Gasteiger partial charge is 0.381 e. The Morgan fingerprint density at radius 1 is 1.35 bits per heavy atom. The van der Waals surface area contributed by atoms with E-state index in [9.17, 15) is 4.79 Å². The molecular weight excluding hydrogens is 294 g/mol. The molecule has 130 valence electrons. The average Bonchev–Trinajstić information content (AvgIpc) is 3.04. The van der Waals surface area contributed by atoms with Gasteiger partial charge in [-0.15, -0.1) is 0 Å². The van der Waals surface area contributed by atoms with Gasteiger partial charge in [-0.1, -0.05) is 12.2 Å². The van der Waals surface area contributed by atoms with Gasteiger partial charge in [0.1, 0.15) is 0 Å². The molecule has 1 aliphatic carbocycles. The molecule has 1 spiro atoms. The van der Waals surface area contributed by atoms with Crippen LogP contribution in [0.2, 0.25) is 0 Å². The number of amides is 1. The van der Waals surface area contributed by atoms with Crippen LogP contribution < -0.4 is 5.32 Å². The molecule has 4 atom stereocenters. The molecule has 0 bridgehead atoms. The van der Waals surface area contributed by atoms with E-state index in [0.717, 1.165) is 51.1 Å². The Bertz CT molecular complexity index is 458. The van der Waals surface area contributed by atoms with E-state index in [-0.39, 0.29) is 35.5 Å². The molecule has 1 N–H and O–H groups in total. The molecule has 0 aromatic carbocycles. The average molecular weight is 323 g/mol. The molecule has 1 amide bonds. The van der Waals surface area contributed by atoms with Crippen LogP contribution in [-0.4, -0.2) is 50.6 Å². The fourth-order valence-electron chi connectivity index (χ4n) is 4.43. The van der Waals surface area contributed by atoms with Crippen LogP contribution in [-0.2, 0) is 19.0 Å². The maximum Gasteiger partial charge on any atom is 0.226 e. The summed E-state index contributed by atoms with van der Waals surface area (Å²) < 4.78 is 17.1. The Kier molecular flexibility index (Phi) is 5.09. The van der Waals surface area contributed by atoms with E-state index >= 15 is 0 Å². The van der Waals surface area contributed by atoms with E-state index in [1.165, 1.54) is 0 Å². The summed E-state index contributed by atoms with van der Waals surface area (Å²) in [5.74, 6) is 0.0110. The topological polar surface area (TPSA) is 56.8 Å². The smallest absolute Gasteiger partial charge is 0.226 e. The fourth-order valence-corrected chi connectivity index (χ4v) is 4.43. The van der Waals surface area contributed by atoms with Crippen LogP contribution >= 0.6 is 0 Å². The van der Waals surface area contributed by atoms with Gasteiger partial charge in [-0.3, -0.25) is 4.79 Å². The summed E-state index contributed by atoms with van der Waals surface area (Å²) in [5.41, 5.74) is 0.992. The summed E-state index contributed by atoms with van der Waals surface area (Å²) in [5, 5.41) is 3.30. The molecule has 0 aromatic rings. The van der Waals surface area contributed by atoms with Gasteiger partial charge in [-0.25, -0.2) is 0 Å². The highest BCUT2D eigenvalue weighted by molar-refractivity contribution is 5.80. The molecule has 0 aromatic heterocycles. The first-order chi connectivity index (χ1) is 11.1. The van der Waals surface area contributed by atoms with E-state index in [0.29, 0.717) is 6.61 Å². The Balaban J connectivity index is 1.65. The summed E-state index contributed by atoms with van der Waals surface area (Å²) in [6, 6.07) is 0.196. The van der Waals surface area contributed by atoms with Crippen molar-refractivity contribution in [2.45, 2.75) is 57.8 Å². The molecule has 1 saturated carbocycles. The minimum absolute atomic E-state index is 0.0576. The van der Waals surface area contributed by atoms with Gasteiger partial charge in [0.25, 0.3) is 0 Å². The zero-order chi connectivity index (χ0) is 16.4. The molecule has 23 heavy (non-hydrogen) atoms. The van der Waals surface area contributed by atoms with Crippen molar-refractivity contribution in [3.63, 3.8) is 0 Å². The van der Waals surface area contributed by atoms with Crippen molar-refractivity contribution in [1.29, 1.82) is 0 Å². The van der Waals surface area contributed by atoms with Gasteiger partial charge in [-0.05, 0) is 39.5 Å². The Morgan fingerprint density at radius 2 is 2.09 bits per heavy atom. The summed E-state index contributed by atoms with van der Waals surface area (Å²) >= 11 is 0. The Hall–Kier alpha value is -0.910. The van der Waals surface area contributed by atoms with E-state index in [1.807, 2.05) is 13.8 Å². The maximum atomic E-state index is 12.7. The van der Waals surface area contributed by atoms with Crippen molar-refractivity contribution in [3.05, 3.63) is 12.2 Å². The Morgan fingerprint density at radius 3 is 2.74 bits per heavy atom. The quantitative estimate of drug-likeness (QED) is 0.787. The lowest BCUT2D eigenvalue weighted by Gasteiger charge is -2.57. The van der Waals surface area contributed by atoms with E-state index in [1.54, 1.807) is 0 Å². The predicted octanol–water partition coefficient (Wildman–Crippen LogP) is 2.06. The second kappa shape index (κ2) is 6.91. The van der Waals surface area contributed by atoms with Gasteiger partial charge in [0, 0.05) is 37.9 Å². The SMILES string of the molecule is C=C(C)[C@H]1OCC[C@H]1C(=O)N[C@H]1C[C@H](OCC)C12CCOCC2. The molecule has 0 unspecified atom stereocenters. The first kappa shape index (κ1) is 16.9. The molecule has 2 aliphatic heterocycles. The van der Waals surface area contributed by atoms with Gasteiger partial charge in [0.15, 0.2) is 0 Å².